The molecule has 0 aliphatic carbocycles. The Balaban J connectivity index is 1.70. The van der Waals surface area contributed by atoms with E-state index in [9.17, 15) is 9.59 Å². The summed E-state index contributed by atoms with van der Waals surface area (Å²) in [5.74, 6) is -1.46. The molecule has 25 heavy (non-hydrogen) atoms. The first-order valence-electron chi connectivity index (χ1n) is 7.76. The smallest absolute Gasteiger partial charge is 0.313 e. The average molecular weight is 335 g/mol. The molecule has 0 aliphatic rings. The molecular weight excluding hydrogens is 318 g/mol. The van der Waals surface area contributed by atoms with Gasteiger partial charge in [0.15, 0.2) is 0 Å². The van der Waals surface area contributed by atoms with Gasteiger partial charge < -0.3 is 10.6 Å². The Morgan fingerprint density at radius 2 is 1.84 bits per heavy atom. The van der Waals surface area contributed by atoms with Crippen LogP contribution in [0.15, 0.2) is 73.3 Å². The van der Waals surface area contributed by atoms with Gasteiger partial charge in [0, 0.05) is 18.6 Å². The zero-order valence-electron chi connectivity index (χ0n) is 13.4. The molecule has 0 aliphatic heterocycles. The Hall–Kier alpha value is -3.48. The molecule has 7 heteroatoms. The summed E-state index contributed by atoms with van der Waals surface area (Å²) in [5.41, 5.74) is 1.35. The number of hydrogen-bond acceptors (Lipinski definition) is 4. The molecule has 1 atom stereocenters. The van der Waals surface area contributed by atoms with Gasteiger partial charge in [-0.2, -0.15) is 5.10 Å². The largest absolute Gasteiger partial charge is 0.339 e. The van der Waals surface area contributed by atoms with Gasteiger partial charge in [0.1, 0.15) is 0 Å². The molecule has 2 aromatic heterocycles. The van der Waals surface area contributed by atoms with Gasteiger partial charge in [-0.1, -0.05) is 30.3 Å². The predicted molar refractivity (Wildman–Crippen MR) is 92.4 cm³/mol. The third kappa shape index (κ3) is 4.51. The van der Waals surface area contributed by atoms with Crippen LogP contribution in [0, 0.1) is 0 Å². The van der Waals surface area contributed by atoms with Crippen molar-refractivity contribution in [2.75, 3.05) is 5.32 Å². The summed E-state index contributed by atoms with van der Waals surface area (Å²) in [6.07, 6.45) is 6.53. The monoisotopic (exact) mass is 335 g/mol. The minimum Gasteiger partial charge on any atom is -0.339 e. The van der Waals surface area contributed by atoms with E-state index in [2.05, 4.69) is 20.7 Å². The number of carbonyl (C=O) groups excluding carboxylic acids is 2. The summed E-state index contributed by atoms with van der Waals surface area (Å²) < 4.78 is 1.71. The van der Waals surface area contributed by atoms with Crippen LogP contribution in [0.2, 0.25) is 0 Å². The second kappa shape index (κ2) is 7.87. The molecule has 2 N–H and O–H groups in total. The van der Waals surface area contributed by atoms with E-state index in [0.29, 0.717) is 12.2 Å². The number of benzene rings is 1. The molecule has 0 saturated carbocycles. The van der Waals surface area contributed by atoms with Crippen LogP contribution in [0.25, 0.3) is 0 Å². The second-order valence-corrected chi connectivity index (χ2v) is 5.36. The van der Waals surface area contributed by atoms with Crippen molar-refractivity contribution in [3.05, 3.63) is 78.9 Å². The molecule has 2 heterocycles. The van der Waals surface area contributed by atoms with E-state index < -0.39 is 11.8 Å². The maximum absolute atomic E-state index is 12.3. The molecule has 2 amide bonds. The third-order valence-electron chi connectivity index (χ3n) is 3.56. The number of aromatic nitrogens is 3. The minimum absolute atomic E-state index is 0.381. The standard InChI is InChI=1S/C18H17N5O2/c24-17(21-15-8-4-9-19-12-15)18(25)22-16(13-23-11-5-10-20-23)14-6-2-1-3-7-14/h1-12,16H,13H2,(H,21,24)(H,22,25)/t16-/m0/s1. The molecule has 0 saturated heterocycles. The van der Waals surface area contributed by atoms with Crippen molar-refractivity contribution in [2.24, 2.45) is 0 Å². The van der Waals surface area contributed by atoms with Crippen LogP contribution >= 0.6 is 0 Å². The van der Waals surface area contributed by atoms with Gasteiger partial charge in [-0.25, -0.2) is 0 Å². The van der Waals surface area contributed by atoms with Gasteiger partial charge in [-0.3, -0.25) is 19.3 Å². The SMILES string of the molecule is O=C(Nc1cccnc1)C(=O)N[C@@H](Cn1cccn1)c1ccccc1. The van der Waals surface area contributed by atoms with E-state index >= 15 is 0 Å². The number of nitrogens with zero attached hydrogens (tertiary/aromatic N) is 3. The van der Waals surface area contributed by atoms with Gasteiger partial charge in [0.2, 0.25) is 0 Å². The lowest BCUT2D eigenvalue weighted by Gasteiger charge is -2.19. The number of rotatable bonds is 5. The zero-order chi connectivity index (χ0) is 17.5. The highest BCUT2D eigenvalue weighted by atomic mass is 16.2. The van der Waals surface area contributed by atoms with E-state index in [0.717, 1.165) is 5.56 Å². The molecule has 0 unspecified atom stereocenters. The molecule has 3 rings (SSSR count). The van der Waals surface area contributed by atoms with E-state index in [-0.39, 0.29) is 6.04 Å². The van der Waals surface area contributed by atoms with Crippen LogP contribution in [0.4, 0.5) is 5.69 Å². The van der Waals surface area contributed by atoms with Crippen molar-refractivity contribution < 1.29 is 9.59 Å². The Morgan fingerprint density at radius 1 is 1.00 bits per heavy atom. The van der Waals surface area contributed by atoms with Crippen molar-refractivity contribution in [1.29, 1.82) is 0 Å². The normalized spacial score (nSPS) is 11.5. The Morgan fingerprint density at radius 3 is 2.52 bits per heavy atom. The highest BCUT2D eigenvalue weighted by Crippen LogP contribution is 2.15. The van der Waals surface area contributed by atoms with E-state index in [1.807, 2.05) is 30.3 Å². The molecule has 7 nitrogen and oxygen atoms in total. The van der Waals surface area contributed by atoms with Crippen LogP contribution in [0.3, 0.4) is 0 Å². The zero-order valence-corrected chi connectivity index (χ0v) is 13.4. The van der Waals surface area contributed by atoms with Gasteiger partial charge in [-0.15, -0.1) is 0 Å². The predicted octanol–water partition coefficient (Wildman–Crippen LogP) is 1.77. The van der Waals surface area contributed by atoms with Crippen LogP contribution in [-0.4, -0.2) is 26.6 Å². The maximum atomic E-state index is 12.3. The van der Waals surface area contributed by atoms with Crippen molar-refractivity contribution in [3.63, 3.8) is 0 Å². The Bertz CT molecular complexity index is 819. The summed E-state index contributed by atoms with van der Waals surface area (Å²) in [7, 11) is 0. The minimum atomic E-state index is -0.741. The molecular formula is C18H17N5O2. The number of carbonyl (C=O) groups is 2. The first-order chi connectivity index (χ1) is 12.2. The summed E-state index contributed by atoms with van der Waals surface area (Å²) in [6.45, 7) is 0.420. The van der Waals surface area contributed by atoms with E-state index in [1.54, 1.807) is 41.5 Å². The van der Waals surface area contributed by atoms with Gasteiger partial charge in [0.25, 0.3) is 0 Å². The fourth-order valence-corrected chi connectivity index (χ4v) is 2.36. The van der Waals surface area contributed by atoms with Gasteiger partial charge >= 0.3 is 11.8 Å². The lowest BCUT2D eigenvalue weighted by molar-refractivity contribution is -0.136. The molecule has 126 valence electrons. The van der Waals surface area contributed by atoms with Gasteiger partial charge in [-0.05, 0) is 23.8 Å². The highest BCUT2D eigenvalue weighted by Gasteiger charge is 2.20. The lowest BCUT2D eigenvalue weighted by Crippen LogP contribution is -2.39. The maximum Gasteiger partial charge on any atom is 0.313 e. The topological polar surface area (TPSA) is 88.9 Å². The first-order valence-corrected chi connectivity index (χ1v) is 7.76. The molecule has 0 spiro atoms. The van der Waals surface area contributed by atoms with Crippen LogP contribution in [0.1, 0.15) is 11.6 Å². The second-order valence-electron chi connectivity index (χ2n) is 5.36. The third-order valence-corrected chi connectivity index (χ3v) is 3.56. The van der Waals surface area contributed by atoms with Crippen molar-refractivity contribution in [2.45, 2.75) is 12.6 Å². The summed E-state index contributed by atoms with van der Waals surface area (Å²) in [5, 5.41) is 9.44. The molecule has 0 fully saturated rings. The summed E-state index contributed by atoms with van der Waals surface area (Å²) in [4.78, 5) is 28.3. The van der Waals surface area contributed by atoms with Crippen molar-refractivity contribution in [3.8, 4) is 0 Å². The number of anilines is 1. The average Bonchev–Trinajstić information content (AvgIpc) is 3.16. The molecule has 1 aromatic carbocycles. The number of pyridine rings is 1. The Kier molecular flexibility index (Phi) is 5.16. The number of hydrogen-bond donors (Lipinski definition) is 2. The van der Waals surface area contributed by atoms with Crippen molar-refractivity contribution in [1.82, 2.24) is 20.1 Å². The Labute approximate surface area is 144 Å². The fraction of sp³-hybridized carbons (Fsp3) is 0.111. The number of amides is 2. The quantitative estimate of drug-likeness (QED) is 0.696. The van der Waals surface area contributed by atoms with Crippen molar-refractivity contribution >= 4 is 17.5 Å². The summed E-state index contributed by atoms with van der Waals surface area (Å²) in [6, 6.07) is 14.2. The summed E-state index contributed by atoms with van der Waals surface area (Å²) >= 11 is 0. The lowest BCUT2D eigenvalue weighted by atomic mass is 10.1. The van der Waals surface area contributed by atoms with E-state index in [4.69, 9.17) is 0 Å². The van der Waals surface area contributed by atoms with E-state index in [1.165, 1.54) is 6.20 Å². The number of nitrogens with one attached hydrogen (secondary N) is 2. The highest BCUT2D eigenvalue weighted by molar-refractivity contribution is 6.39. The van der Waals surface area contributed by atoms with Gasteiger partial charge in [0.05, 0.1) is 24.5 Å². The van der Waals surface area contributed by atoms with Crippen LogP contribution in [0.5, 0.6) is 0 Å². The fourth-order valence-electron chi connectivity index (χ4n) is 2.36. The molecule has 3 aromatic rings. The molecule has 0 radical (unpaired) electrons. The van der Waals surface area contributed by atoms with Crippen LogP contribution in [-0.2, 0) is 16.1 Å². The van der Waals surface area contributed by atoms with Crippen LogP contribution < -0.4 is 10.6 Å². The molecule has 0 bridgehead atoms. The first kappa shape index (κ1) is 16.4.